The summed E-state index contributed by atoms with van der Waals surface area (Å²) in [6.45, 7) is 0. The highest BCUT2D eigenvalue weighted by atomic mass is 19.1. The minimum absolute atomic E-state index is 0.329. The third-order valence-electron chi connectivity index (χ3n) is 2.59. The molecule has 70 valence electrons. The summed E-state index contributed by atoms with van der Waals surface area (Å²) in [4.78, 5) is 0. The Labute approximate surface area is 76.2 Å². The van der Waals surface area contributed by atoms with Crippen LogP contribution in [0.3, 0.4) is 0 Å². The second-order valence-corrected chi connectivity index (χ2v) is 3.46. The second-order valence-electron chi connectivity index (χ2n) is 3.46. The Morgan fingerprint density at radius 1 is 1.46 bits per heavy atom. The second kappa shape index (κ2) is 3.09. The van der Waals surface area contributed by atoms with E-state index in [4.69, 9.17) is 5.73 Å². The molecule has 0 aliphatic heterocycles. The van der Waals surface area contributed by atoms with Crippen molar-refractivity contribution in [2.75, 3.05) is 0 Å². The molecular weight excluding hydrogens is 169 g/mol. The highest BCUT2D eigenvalue weighted by Crippen LogP contribution is 2.30. The summed E-state index contributed by atoms with van der Waals surface area (Å²) in [5.74, 6) is -0.347. The monoisotopic (exact) mass is 181 g/mol. The van der Waals surface area contributed by atoms with Crippen molar-refractivity contribution in [2.24, 2.45) is 5.73 Å². The molecule has 3 N–H and O–H groups in total. The van der Waals surface area contributed by atoms with E-state index in [9.17, 15) is 9.50 Å². The van der Waals surface area contributed by atoms with E-state index in [1.165, 1.54) is 6.07 Å². The van der Waals surface area contributed by atoms with E-state index in [0.29, 0.717) is 5.56 Å². The third-order valence-corrected chi connectivity index (χ3v) is 2.59. The van der Waals surface area contributed by atoms with Gasteiger partial charge in [-0.15, -0.1) is 0 Å². The van der Waals surface area contributed by atoms with Gasteiger partial charge < -0.3 is 10.8 Å². The Balaban J connectivity index is 2.51. The number of hydrogen-bond donors (Lipinski definition) is 2. The van der Waals surface area contributed by atoms with Crippen LogP contribution in [-0.2, 0) is 6.42 Å². The fourth-order valence-corrected chi connectivity index (χ4v) is 1.83. The van der Waals surface area contributed by atoms with Crippen LogP contribution in [0.4, 0.5) is 4.39 Å². The van der Waals surface area contributed by atoms with Crippen molar-refractivity contribution in [3.8, 4) is 0 Å². The molecule has 0 aromatic heterocycles. The highest BCUT2D eigenvalue weighted by Gasteiger charge is 2.27. The third kappa shape index (κ3) is 1.34. The summed E-state index contributed by atoms with van der Waals surface area (Å²) in [6, 6.07) is 4.54. The van der Waals surface area contributed by atoms with Crippen LogP contribution in [0.1, 0.15) is 23.7 Å². The van der Waals surface area contributed by atoms with Crippen LogP contribution in [-0.4, -0.2) is 11.1 Å². The van der Waals surface area contributed by atoms with Crippen molar-refractivity contribution in [3.05, 3.63) is 35.1 Å². The van der Waals surface area contributed by atoms with Gasteiger partial charge in [0.05, 0.1) is 6.10 Å². The van der Waals surface area contributed by atoms with Crippen LogP contribution in [0, 0.1) is 5.82 Å². The lowest BCUT2D eigenvalue weighted by Crippen LogP contribution is -2.33. The maximum Gasteiger partial charge on any atom is 0.129 e. The average Bonchev–Trinajstić information content (AvgIpc) is 2.12. The van der Waals surface area contributed by atoms with Gasteiger partial charge >= 0.3 is 0 Å². The maximum atomic E-state index is 13.3. The van der Waals surface area contributed by atoms with Crippen LogP contribution >= 0.6 is 0 Å². The zero-order chi connectivity index (χ0) is 9.42. The number of nitrogens with two attached hydrogens (primary N) is 1. The summed E-state index contributed by atoms with van der Waals surface area (Å²) in [5, 5.41) is 9.65. The van der Waals surface area contributed by atoms with E-state index in [1.54, 1.807) is 6.07 Å². The van der Waals surface area contributed by atoms with Gasteiger partial charge in [0.25, 0.3) is 0 Å². The molecule has 0 amide bonds. The van der Waals surface area contributed by atoms with Gasteiger partial charge in [-0.2, -0.15) is 0 Å². The van der Waals surface area contributed by atoms with E-state index < -0.39 is 6.10 Å². The fourth-order valence-electron chi connectivity index (χ4n) is 1.83. The van der Waals surface area contributed by atoms with Crippen molar-refractivity contribution in [2.45, 2.75) is 25.0 Å². The van der Waals surface area contributed by atoms with Gasteiger partial charge in [0.2, 0.25) is 0 Å². The number of aryl methyl sites for hydroxylation is 1. The van der Waals surface area contributed by atoms with E-state index in [1.807, 2.05) is 6.07 Å². The van der Waals surface area contributed by atoms with E-state index in [-0.39, 0.29) is 11.9 Å². The molecule has 13 heavy (non-hydrogen) atoms. The van der Waals surface area contributed by atoms with E-state index >= 15 is 0 Å². The molecule has 0 bridgehead atoms. The van der Waals surface area contributed by atoms with E-state index in [2.05, 4.69) is 0 Å². The Bertz CT molecular complexity index is 327. The van der Waals surface area contributed by atoms with Crippen molar-refractivity contribution < 1.29 is 9.50 Å². The zero-order valence-electron chi connectivity index (χ0n) is 7.20. The van der Waals surface area contributed by atoms with Crippen molar-refractivity contribution in [1.29, 1.82) is 0 Å². The molecule has 3 heteroatoms. The molecule has 2 atom stereocenters. The van der Waals surface area contributed by atoms with Crippen molar-refractivity contribution in [1.82, 2.24) is 0 Å². The summed E-state index contributed by atoms with van der Waals surface area (Å²) in [6.07, 6.45) is 0.632. The number of hydrogen-bond acceptors (Lipinski definition) is 2. The molecule has 0 saturated heterocycles. The zero-order valence-corrected chi connectivity index (χ0v) is 7.20. The molecular formula is C10H12FNO. The lowest BCUT2D eigenvalue weighted by molar-refractivity contribution is 0.129. The first-order chi connectivity index (χ1) is 6.20. The van der Waals surface area contributed by atoms with Gasteiger partial charge in [-0.05, 0) is 24.5 Å². The number of fused-ring (bicyclic) bond motifs is 1. The van der Waals surface area contributed by atoms with Crippen LogP contribution in [0.15, 0.2) is 18.2 Å². The standard InChI is InChI=1S/C10H12FNO/c11-7-3-1-2-6-4-5-8(12)10(13)9(6)7/h1-3,8,10,13H,4-5,12H2. The Morgan fingerprint density at radius 2 is 2.23 bits per heavy atom. The van der Waals surface area contributed by atoms with Gasteiger partial charge in [0.15, 0.2) is 0 Å². The van der Waals surface area contributed by atoms with Crippen molar-refractivity contribution in [3.63, 3.8) is 0 Å². The van der Waals surface area contributed by atoms with Crippen LogP contribution < -0.4 is 5.73 Å². The predicted octanol–water partition coefficient (Wildman–Crippen LogP) is 1.13. The number of aliphatic hydroxyl groups excluding tert-OH is 1. The molecule has 0 radical (unpaired) electrons. The van der Waals surface area contributed by atoms with Crippen LogP contribution in [0.25, 0.3) is 0 Å². The maximum absolute atomic E-state index is 13.3. The lowest BCUT2D eigenvalue weighted by Gasteiger charge is -2.27. The predicted molar refractivity (Wildman–Crippen MR) is 47.7 cm³/mol. The fraction of sp³-hybridized carbons (Fsp3) is 0.400. The minimum Gasteiger partial charge on any atom is -0.387 e. The number of halogens is 1. The Morgan fingerprint density at radius 3 is 3.00 bits per heavy atom. The molecule has 1 aromatic carbocycles. The molecule has 0 saturated carbocycles. The molecule has 0 fully saturated rings. The van der Waals surface area contributed by atoms with Gasteiger partial charge in [0.1, 0.15) is 5.82 Å². The highest BCUT2D eigenvalue weighted by molar-refractivity contribution is 5.33. The quantitative estimate of drug-likeness (QED) is 0.630. The first kappa shape index (κ1) is 8.66. The molecule has 1 aliphatic carbocycles. The normalized spacial score (nSPS) is 27.0. The Kier molecular flexibility index (Phi) is 2.06. The number of benzene rings is 1. The number of rotatable bonds is 0. The first-order valence-corrected chi connectivity index (χ1v) is 4.41. The van der Waals surface area contributed by atoms with E-state index in [0.717, 1.165) is 18.4 Å². The molecule has 0 heterocycles. The molecule has 2 nitrogen and oxygen atoms in total. The van der Waals surface area contributed by atoms with Gasteiger partial charge in [-0.1, -0.05) is 12.1 Å². The van der Waals surface area contributed by atoms with Gasteiger partial charge in [-0.3, -0.25) is 0 Å². The largest absolute Gasteiger partial charge is 0.387 e. The minimum atomic E-state index is -0.843. The number of aliphatic hydroxyl groups is 1. The molecule has 2 rings (SSSR count). The SMILES string of the molecule is NC1CCc2cccc(F)c2C1O. The molecule has 1 aliphatic rings. The topological polar surface area (TPSA) is 46.2 Å². The van der Waals surface area contributed by atoms with Crippen LogP contribution in [0.2, 0.25) is 0 Å². The molecule has 0 spiro atoms. The smallest absolute Gasteiger partial charge is 0.129 e. The molecule has 1 aromatic rings. The molecule has 2 unspecified atom stereocenters. The summed E-state index contributed by atoms with van der Waals surface area (Å²) < 4.78 is 13.3. The first-order valence-electron chi connectivity index (χ1n) is 4.41. The Hall–Kier alpha value is -0.930. The summed E-state index contributed by atoms with van der Waals surface area (Å²) in [7, 11) is 0. The summed E-state index contributed by atoms with van der Waals surface area (Å²) in [5.41, 5.74) is 6.92. The van der Waals surface area contributed by atoms with Crippen molar-refractivity contribution >= 4 is 0 Å². The van der Waals surface area contributed by atoms with Gasteiger partial charge in [-0.25, -0.2) is 4.39 Å². The lowest BCUT2D eigenvalue weighted by atomic mass is 9.86. The summed E-state index contributed by atoms with van der Waals surface area (Å²) >= 11 is 0. The van der Waals surface area contributed by atoms with Crippen LogP contribution in [0.5, 0.6) is 0 Å². The average molecular weight is 181 g/mol. The van der Waals surface area contributed by atoms with Gasteiger partial charge in [0, 0.05) is 11.6 Å².